The number of carboxylic acids is 1. The van der Waals surface area contributed by atoms with E-state index in [1.54, 1.807) is 24.3 Å². The van der Waals surface area contributed by atoms with E-state index < -0.39 is 5.97 Å². The highest BCUT2D eigenvalue weighted by molar-refractivity contribution is 6.25. The van der Waals surface area contributed by atoms with Crippen LogP contribution in [0.3, 0.4) is 0 Å². The molecule has 0 bridgehead atoms. The average Bonchev–Trinajstić information content (AvgIpc) is 2.34. The van der Waals surface area contributed by atoms with Crippen molar-refractivity contribution in [3.63, 3.8) is 0 Å². The van der Waals surface area contributed by atoms with Crippen molar-refractivity contribution in [2.75, 3.05) is 6.61 Å². The maximum atomic E-state index is 10.4. The van der Waals surface area contributed by atoms with Gasteiger partial charge in [0.2, 0.25) is 0 Å². The van der Waals surface area contributed by atoms with Crippen molar-refractivity contribution in [3.8, 4) is 5.75 Å². The molecule has 1 N–H and O–H groups in total. The van der Waals surface area contributed by atoms with Crippen LogP contribution in [0.4, 0.5) is 0 Å². The third kappa shape index (κ3) is 5.22. The number of carboxylic acid groups (broad SMARTS) is 1. The van der Waals surface area contributed by atoms with Gasteiger partial charge in [0.25, 0.3) is 0 Å². The van der Waals surface area contributed by atoms with Crippen LogP contribution in [0.1, 0.15) is 12.5 Å². The molecule has 0 radical (unpaired) electrons. The van der Waals surface area contributed by atoms with Gasteiger partial charge < -0.3 is 9.84 Å². The molecular formula is C13H13ClO3. The van der Waals surface area contributed by atoms with Crippen molar-refractivity contribution in [3.05, 3.63) is 47.0 Å². The highest BCUT2D eigenvalue weighted by atomic mass is 35.5. The van der Waals surface area contributed by atoms with E-state index in [2.05, 4.69) is 0 Å². The van der Waals surface area contributed by atoms with Gasteiger partial charge in [-0.1, -0.05) is 23.7 Å². The van der Waals surface area contributed by atoms with Crippen molar-refractivity contribution in [2.24, 2.45) is 0 Å². The molecule has 1 aromatic carbocycles. The molecule has 1 rings (SSSR count). The van der Waals surface area contributed by atoms with E-state index >= 15 is 0 Å². The Balaban J connectivity index is 2.69. The van der Waals surface area contributed by atoms with Gasteiger partial charge in [0.05, 0.1) is 0 Å². The minimum Gasteiger partial charge on any atom is -0.489 e. The van der Waals surface area contributed by atoms with Crippen LogP contribution in [0.2, 0.25) is 0 Å². The highest BCUT2D eigenvalue weighted by Crippen LogP contribution is 2.15. The van der Waals surface area contributed by atoms with Crippen molar-refractivity contribution in [2.45, 2.75) is 6.92 Å². The summed E-state index contributed by atoms with van der Waals surface area (Å²) in [6, 6.07) is 7.17. The van der Waals surface area contributed by atoms with Crippen LogP contribution in [-0.2, 0) is 4.79 Å². The number of hydrogen-bond acceptors (Lipinski definition) is 2. The van der Waals surface area contributed by atoms with Gasteiger partial charge in [0.15, 0.2) is 0 Å². The largest absolute Gasteiger partial charge is 0.489 e. The molecule has 0 saturated heterocycles. The number of carbonyl (C=O) groups is 1. The summed E-state index contributed by atoms with van der Waals surface area (Å²) in [5, 5.41) is 8.51. The van der Waals surface area contributed by atoms with Gasteiger partial charge in [0.1, 0.15) is 12.4 Å². The van der Waals surface area contributed by atoms with E-state index in [-0.39, 0.29) is 0 Å². The van der Waals surface area contributed by atoms with Crippen molar-refractivity contribution >= 4 is 23.6 Å². The second-order valence-corrected chi connectivity index (χ2v) is 3.71. The quantitative estimate of drug-likeness (QED) is 0.818. The summed E-state index contributed by atoms with van der Waals surface area (Å²) in [5.74, 6) is -0.298. The molecular weight excluding hydrogens is 240 g/mol. The predicted octanol–water partition coefficient (Wildman–Crippen LogP) is 3.31. The van der Waals surface area contributed by atoms with Crippen LogP contribution < -0.4 is 4.74 Å². The van der Waals surface area contributed by atoms with Crippen LogP contribution in [0.15, 0.2) is 41.4 Å². The molecule has 0 saturated carbocycles. The molecule has 0 spiro atoms. The SMILES string of the molecule is C/C(=C/Cl)COc1cccc(/C=C/C(=O)O)c1. The van der Waals surface area contributed by atoms with Crippen molar-refractivity contribution in [1.82, 2.24) is 0 Å². The summed E-state index contributed by atoms with van der Waals surface area (Å²) in [5.41, 5.74) is 3.16. The molecule has 1 aromatic rings. The maximum Gasteiger partial charge on any atom is 0.328 e. The third-order valence-electron chi connectivity index (χ3n) is 1.93. The summed E-state index contributed by atoms with van der Waals surface area (Å²) in [7, 11) is 0. The van der Waals surface area contributed by atoms with Gasteiger partial charge in [-0.25, -0.2) is 4.79 Å². The number of hydrogen-bond donors (Lipinski definition) is 1. The molecule has 0 heterocycles. The van der Waals surface area contributed by atoms with Crippen LogP contribution in [0, 0.1) is 0 Å². The third-order valence-corrected chi connectivity index (χ3v) is 2.30. The Morgan fingerprint density at radius 1 is 1.53 bits per heavy atom. The van der Waals surface area contributed by atoms with E-state index in [0.717, 1.165) is 17.2 Å². The Labute approximate surface area is 105 Å². The first-order valence-corrected chi connectivity index (χ1v) is 5.45. The molecule has 0 amide bonds. The minimum absolute atomic E-state index is 0.412. The predicted molar refractivity (Wildman–Crippen MR) is 68.2 cm³/mol. The smallest absolute Gasteiger partial charge is 0.328 e. The zero-order valence-electron chi connectivity index (χ0n) is 9.39. The van der Waals surface area contributed by atoms with Gasteiger partial charge >= 0.3 is 5.97 Å². The van der Waals surface area contributed by atoms with Crippen LogP contribution in [-0.4, -0.2) is 17.7 Å². The fourth-order valence-electron chi connectivity index (χ4n) is 1.10. The molecule has 0 aromatic heterocycles. The van der Waals surface area contributed by atoms with Gasteiger partial charge in [-0.3, -0.25) is 0 Å². The fourth-order valence-corrected chi connectivity index (χ4v) is 1.17. The zero-order valence-corrected chi connectivity index (χ0v) is 10.1. The van der Waals surface area contributed by atoms with E-state index in [1.165, 1.54) is 11.6 Å². The minimum atomic E-state index is -0.975. The number of aliphatic carboxylic acids is 1. The summed E-state index contributed by atoms with van der Waals surface area (Å²) >= 11 is 5.52. The molecule has 4 heteroatoms. The highest BCUT2D eigenvalue weighted by Gasteiger charge is 1.96. The number of benzene rings is 1. The van der Waals surface area contributed by atoms with Crippen LogP contribution in [0.5, 0.6) is 5.75 Å². The summed E-state index contributed by atoms with van der Waals surface area (Å²) in [6.45, 7) is 2.27. The topological polar surface area (TPSA) is 46.5 Å². The first-order chi connectivity index (χ1) is 8.11. The van der Waals surface area contributed by atoms with Gasteiger partial charge in [0, 0.05) is 11.6 Å². The lowest BCUT2D eigenvalue weighted by Gasteiger charge is -2.06. The monoisotopic (exact) mass is 252 g/mol. The Bertz CT molecular complexity index is 450. The molecule has 0 aliphatic rings. The molecule has 0 fully saturated rings. The molecule has 17 heavy (non-hydrogen) atoms. The van der Waals surface area contributed by atoms with Gasteiger partial charge in [-0.05, 0) is 36.3 Å². The molecule has 0 unspecified atom stereocenters. The number of rotatable bonds is 5. The zero-order chi connectivity index (χ0) is 12.7. The van der Waals surface area contributed by atoms with Gasteiger partial charge in [-0.15, -0.1) is 0 Å². The standard InChI is InChI=1S/C13H13ClO3/c1-10(8-14)9-17-12-4-2-3-11(7-12)5-6-13(15)16/h2-8H,9H2,1H3,(H,15,16)/b6-5+,10-8-. The lowest BCUT2D eigenvalue weighted by atomic mass is 10.2. The lowest BCUT2D eigenvalue weighted by Crippen LogP contribution is -1.98. The maximum absolute atomic E-state index is 10.4. The van der Waals surface area contributed by atoms with Crippen LogP contribution >= 0.6 is 11.6 Å². The molecule has 0 aliphatic carbocycles. The van der Waals surface area contributed by atoms with E-state index in [4.69, 9.17) is 21.4 Å². The van der Waals surface area contributed by atoms with Crippen molar-refractivity contribution < 1.29 is 14.6 Å². The fraction of sp³-hybridized carbons (Fsp3) is 0.154. The Kier molecular flexibility index (Phi) is 5.30. The van der Waals surface area contributed by atoms with Crippen molar-refractivity contribution in [1.29, 1.82) is 0 Å². The molecule has 0 aliphatic heterocycles. The first-order valence-electron chi connectivity index (χ1n) is 5.01. The summed E-state index contributed by atoms with van der Waals surface area (Å²) in [4.78, 5) is 10.4. The summed E-state index contributed by atoms with van der Waals surface area (Å²) < 4.78 is 5.47. The van der Waals surface area contributed by atoms with E-state index in [9.17, 15) is 4.79 Å². The first kappa shape index (κ1) is 13.3. The van der Waals surface area contributed by atoms with Crippen LogP contribution in [0.25, 0.3) is 6.08 Å². The molecule has 0 atom stereocenters. The Morgan fingerprint density at radius 2 is 2.29 bits per heavy atom. The normalized spacial score (nSPS) is 11.8. The second kappa shape index (κ2) is 6.76. The summed E-state index contributed by atoms with van der Waals surface area (Å²) in [6.07, 6.45) is 2.60. The Hall–Kier alpha value is -1.74. The average molecular weight is 253 g/mol. The van der Waals surface area contributed by atoms with E-state index in [1.807, 2.05) is 6.92 Å². The number of ether oxygens (including phenoxy) is 1. The molecule has 90 valence electrons. The Morgan fingerprint density at radius 3 is 2.94 bits per heavy atom. The van der Waals surface area contributed by atoms with Gasteiger partial charge in [-0.2, -0.15) is 0 Å². The van der Waals surface area contributed by atoms with E-state index in [0.29, 0.717) is 12.4 Å². The lowest BCUT2D eigenvalue weighted by molar-refractivity contribution is -0.131. The molecule has 3 nitrogen and oxygen atoms in total. The second-order valence-electron chi connectivity index (χ2n) is 3.49. The number of halogens is 1.